The average molecular weight is 321 g/mol. The summed E-state index contributed by atoms with van der Waals surface area (Å²) in [5, 5.41) is 19.6. The number of aliphatic hydroxyl groups excluding tert-OH is 1. The summed E-state index contributed by atoms with van der Waals surface area (Å²) in [6.07, 6.45) is 0. The van der Waals surface area contributed by atoms with Crippen LogP contribution in [0.1, 0.15) is 24.2 Å². The van der Waals surface area contributed by atoms with Crippen LogP contribution >= 0.6 is 23.2 Å². The van der Waals surface area contributed by atoms with Crippen LogP contribution in [-0.2, 0) is 0 Å². The maximum absolute atomic E-state index is 12.3. The molecular weight excluding hydrogens is 307 g/mol. The van der Waals surface area contributed by atoms with Crippen LogP contribution < -0.4 is 0 Å². The number of nitro groups is 1. The molecule has 0 aromatic heterocycles. The van der Waals surface area contributed by atoms with Gasteiger partial charge in [0.15, 0.2) is 0 Å². The number of aliphatic hydroxyl groups is 1. The number of nitro benzene ring substituents is 1. The van der Waals surface area contributed by atoms with E-state index >= 15 is 0 Å². The summed E-state index contributed by atoms with van der Waals surface area (Å²) >= 11 is 11.5. The van der Waals surface area contributed by atoms with Gasteiger partial charge in [0, 0.05) is 24.2 Å². The summed E-state index contributed by atoms with van der Waals surface area (Å²) in [4.78, 5) is 23.9. The zero-order chi connectivity index (χ0) is 15.4. The summed E-state index contributed by atoms with van der Waals surface area (Å²) in [7, 11) is 0. The van der Waals surface area contributed by atoms with E-state index < -0.39 is 16.5 Å². The number of halogens is 2. The topological polar surface area (TPSA) is 83.7 Å². The Hall–Kier alpha value is -1.37. The minimum absolute atomic E-state index is 0.0584. The third-order valence-corrected chi connectivity index (χ3v) is 3.47. The largest absolute Gasteiger partial charge is 0.395 e. The number of hydrogen-bond donors (Lipinski definition) is 1. The molecule has 0 spiro atoms. The molecule has 0 unspecified atom stereocenters. The number of benzene rings is 1. The second kappa shape index (κ2) is 6.88. The fourth-order valence-electron chi connectivity index (χ4n) is 1.70. The monoisotopic (exact) mass is 320 g/mol. The molecule has 0 saturated heterocycles. The van der Waals surface area contributed by atoms with Crippen molar-refractivity contribution in [1.82, 2.24) is 4.90 Å². The number of hydrogen-bond acceptors (Lipinski definition) is 4. The lowest BCUT2D eigenvalue weighted by Crippen LogP contribution is -2.39. The molecule has 0 saturated carbocycles. The van der Waals surface area contributed by atoms with E-state index in [4.69, 9.17) is 28.3 Å². The molecule has 8 heteroatoms. The number of carbonyl (C=O) groups is 1. The van der Waals surface area contributed by atoms with Crippen LogP contribution in [0.2, 0.25) is 10.0 Å². The fourth-order valence-corrected chi connectivity index (χ4v) is 2.09. The van der Waals surface area contributed by atoms with Crippen LogP contribution in [0, 0.1) is 10.1 Å². The number of nitrogens with zero attached hydrogens (tertiary/aromatic N) is 2. The standard InChI is InChI=1S/C12H14Cl2N2O4/c1-7(2)15(3-4-17)12(18)8-5-9(13)11(14)10(6-8)16(19)20/h5-7,17H,3-4H2,1-2H3. The molecule has 1 rings (SSSR count). The summed E-state index contributed by atoms with van der Waals surface area (Å²) in [5.41, 5.74) is -0.358. The van der Waals surface area contributed by atoms with Crippen molar-refractivity contribution >= 4 is 34.8 Å². The van der Waals surface area contributed by atoms with Gasteiger partial charge in [-0.15, -0.1) is 0 Å². The van der Waals surface area contributed by atoms with Crippen molar-refractivity contribution in [3.63, 3.8) is 0 Å². The number of rotatable bonds is 5. The van der Waals surface area contributed by atoms with E-state index in [9.17, 15) is 14.9 Å². The van der Waals surface area contributed by atoms with Gasteiger partial charge < -0.3 is 10.0 Å². The zero-order valence-electron chi connectivity index (χ0n) is 11.0. The third kappa shape index (κ3) is 3.59. The molecule has 6 nitrogen and oxygen atoms in total. The van der Waals surface area contributed by atoms with Crippen molar-refractivity contribution in [2.24, 2.45) is 0 Å². The molecule has 0 radical (unpaired) electrons. The van der Waals surface area contributed by atoms with Gasteiger partial charge >= 0.3 is 0 Å². The first-order chi connectivity index (χ1) is 9.29. The molecule has 0 aliphatic rings. The van der Waals surface area contributed by atoms with Gasteiger partial charge in [-0.2, -0.15) is 0 Å². The van der Waals surface area contributed by atoms with Crippen LogP contribution in [-0.4, -0.2) is 40.0 Å². The smallest absolute Gasteiger partial charge is 0.290 e. The van der Waals surface area contributed by atoms with E-state index in [1.807, 2.05) is 0 Å². The number of amides is 1. The van der Waals surface area contributed by atoms with E-state index in [1.165, 1.54) is 11.0 Å². The Morgan fingerprint density at radius 3 is 2.50 bits per heavy atom. The second-order valence-corrected chi connectivity index (χ2v) is 5.15. The SMILES string of the molecule is CC(C)N(CCO)C(=O)c1cc(Cl)c(Cl)c([N+](=O)[O-])c1. The molecule has 110 valence electrons. The van der Waals surface area contributed by atoms with Crippen molar-refractivity contribution in [2.45, 2.75) is 19.9 Å². The molecule has 1 aromatic rings. The van der Waals surface area contributed by atoms with E-state index in [0.717, 1.165) is 6.07 Å². The predicted molar refractivity (Wildman–Crippen MR) is 76.4 cm³/mol. The zero-order valence-corrected chi connectivity index (χ0v) is 12.5. The molecule has 1 N–H and O–H groups in total. The molecule has 0 fully saturated rings. The highest BCUT2D eigenvalue weighted by Gasteiger charge is 2.24. The molecule has 0 bridgehead atoms. The first-order valence-electron chi connectivity index (χ1n) is 5.84. The molecule has 1 amide bonds. The van der Waals surface area contributed by atoms with Crippen molar-refractivity contribution in [2.75, 3.05) is 13.2 Å². The highest BCUT2D eigenvalue weighted by molar-refractivity contribution is 6.43. The molecule has 0 aliphatic carbocycles. The fraction of sp³-hybridized carbons (Fsp3) is 0.417. The average Bonchev–Trinajstić information content (AvgIpc) is 2.37. The van der Waals surface area contributed by atoms with Crippen LogP contribution in [0.5, 0.6) is 0 Å². The predicted octanol–water partition coefficient (Wildman–Crippen LogP) is 2.74. The van der Waals surface area contributed by atoms with Gasteiger partial charge in [-0.3, -0.25) is 14.9 Å². The van der Waals surface area contributed by atoms with Gasteiger partial charge in [-0.05, 0) is 19.9 Å². The lowest BCUT2D eigenvalue weighted by Gasteiger charge is -2.26. The quantitative estimate of drug-likeness (QED) is 0.667. The van der Waals surface area contributed by atoms with Gasteiger partial charge in [0.25, 0.3) is 11.6 Å². The van der Waals surface area contributed by atoms with Gasteiger partial charge in [0.1, 0.15) is 5.02 Å². The van der Waals surface area contributed by atoms with Crippen molar-refractivity contribution in [1.29, 1.82) is 0 Å². The Morgan fingerprint density at radius 1 is 1.45 bits per heavy atom. The van der Waals surface area contributed by atoms with Crippen LogP contribution in [0.3, 0.4) is 0 Å². The third-order valence-electron chi connectivity index (χ3n) is 2.68. The van der Waals surface area contributed by atoms with E-state index in [2.05, 4.69) is 0 Å². The maximum atomic E-state index is 12.3. The van der Waals surface area contributed by atoms with E-state index in [-0.39, 0.29) is 34.8 Å². The van der Waals surface area contributed by atoms with Crippen LogP contribution in [0.4, 0.5) is 5.69 Å². The lowest BCUT2D eigenvalue weighted by molar-refractivity contribution is -0.384. The Balaban J connectivity index is 3.25. The highest BCUT2D eigenvalue weighted by Crippen LogP contribution is 2.33. The van der Waals surface area contributed by atoms with Crippen molar-refractivity contribution < 1.29 is 14.8 Å². The van der Waals surface area contributed by atoms with Gasteiger partial charge in [0.05, 0.1) is 16.6 Å². The molecule has 0 atom stereocenters. The van der Waals surface area contributed by atoms with Gasteiger partial charge in [0.2, 0.25) is 0 Å². The lowest BCUT2D eigenvalue weighted by atomic mass is 10.1. The molecule has 1 aromatic carbocycles. The summed E-state index contributed by atoms with van der Waals surface area (Å²) in [6.45, 7) is 3.48. The van der Waals surface area contributed by atoms with Crippen LogP contribution in [0.25, 0.3) is 0 Å². The van der Waals surface area contributed by atoms with Crippen LogP contribution in [0.15, 0.2) is 12.1 Å². The summed E-state index contributed by atoms with van der Waals surface area (Å²) in [5.74, 6) is -0.448. The highest BCUT2D eigenvalue weighted by atomic mass is 35.5. The summed E-state index contributed by atoms with van der Waals surface area (Å²) < 4.78 is 0. The summed E-state index contributed by atoms with van der Waals surface area (Å²) in [6, 6.07) is 2.21. The Morgan fingerprint density at radius 2 is 2.05 bits per heavy atom. The number of carbonyl (C=O) groups excluding carboxylic acids is 1. The molecular formula is C12H14Cl2N2O4. The first kappa shape index (κ1) is 16.7. The first-order valence-corrected chi connectivity index (χ1v) is 6.60. The normalized spacial score (nSPS) is 10.7. The molecule has 0 aliphatic heterocycles. The second-order valence-electron chi connectivity index (χ2n) is 4.36. The van der Waals surface area contributed by atoms with E-state index in [1.54, 1.807) is 13.8 Å². The Bertz CT molecular complexity index is 534. The molecule has 0 heterocycles. The Labute approximate surface area is 126 Å². The minimum Gasteiger partial charge on any atom is -0.395 e. The van der Waals surface area contributed by atoms with Crippen molar-refractivity contribution in [3.05, 3.63) is 37.9 Å². The molecule has 20 heavy (non-hydrogen) atoms. The van der Waals surface area contributed by atoms with Gasteiger partial charge in [-0.25, -0.2) is 0 Å². The Kier molecular flexibility index (Phi) is 5.74. The van der Waals surface area contributed by atoms with E-state index in [0.29, 0.717) is 0 Å². The minimum atomic E-state index is -0.698. The van der Waals surface area contributed by atoms with Gasteiger partial charge in [-0.1, -0.05) is 23.2 Å². The maximum Gasteiger partial charge on any atom is 0.290 e. The van der Waals surface area contributed by atoms with Crippen molar-refractivity contribution in [3.8, 4) is 0 Å².